The van der Waals surface area contributed by atoms with E-state index in [0.717, 1.165) is 48.9 Å². The van der Waals surface area contributed by atoms with Gasteiger partial charge in [0.25, 0.3) is 0 Å². The number of carbonyl (C=O) groups excluding carboxylic acids is 1. The highest BCUT2D eigenvalue weighted by Gasteiger charge is 2.26. The van der Waals surface area contributed by atoms with E-state index < -0.39 is 12.0 Å². The minimum atomic E-state index is -1.04. The molecular weight excluding hydrogens is 665 g/mol. The number of ether oxygens (including phenoxy) is 1. The third kappa shape index (κ3) is 7.74. The number of methoxy groups -OCH3 is 1. The molecule has 3 heterocycles. The molecule has 0 radical (unpaired) electrons. The fourth-order valence-electron chi connectivity index (χ4n) is 6.69. The van der Waals surface area contributed by atoms with Gasteiger partial charge in [0.05, 0.1) is 28.5 Å². The summed E-state index contributed by atoms with van der Waals surface area (Å²) in [5.41, 5.74) is 7.55. The van der Waals surface area contributed by atoms with Crippen LogP contribution in [0.15, 0.2) is 60.8 Å². The maximum atomic E-state index is 11.6. The summed E-state index contributed by atoms with van der Waals surface area (Å²) in [6.07, 6.45) is 6.38. The first-order chi connectivity index (χ1) is 23.8. The second-order valence-corrected chi connectivity index (χ2v) is 13.2. The number of pyridine rings is 2. The highest BCUT2D eigenvalue weighted by atomic mass is 35.5. The van der Waals surface area contributed by atoms with Crippen LogP contribution in [0.3, 0.4) is 0 Å². The molecule has 1 aliphatic carbocycles. The standard InChI is InChI=1S/C37H39Cl2N5O5/c1-49-36-23(19-41-31(15-17-45)37(47)48)9-12-30(44-36)28-6-3-5-26(33(28)38)27-14-16-40-35(34(27)39)22-8-11-25-21(18-22)4-2-7-29(25)42-20-24-10-13-32(46)43-24/h3,5-6,8-9,11-12,14,16,18,24,29,31,41-42,45H,2,4,7,10,13,15,17,19-20H2,1H3,(H,43,46)(H,47,48)/t24-,29-,31?/m1/s1. The van der Waals surface area contributed by atoms with Crippen LogP contribution >= 0.6 is 23.2 Å². The fourth-order valence-corrected chi connectivity index (χ4v) is 7.33. The van der Waals surface area contributed by atoms with Gasteiger partial charge in [-0.3, -0.25) is 14.6 Å². The lowest BCUT2D eigenvalue weighted by atomic mass is 9.86. The summed E-state index contributed by atoms with van der Waals surface area (Å²) < 4.78 is 5.55. The summed E-state index contributed by atoms with van der Waals surface area (Å²) in [6, 6.07) is 17.1. The van der Waals surface area contributed by atoms with Crippen molar-refractivity contribution in [1.29, 1.82) is 0 Å². The molecule has 6 rings (SSSR count). The number of aryl methyl sites for hydroxylation is 1. The molecule has 3 atom stereocenters. The first kappa shape index (κ1) is 34.8. The minimum Gasteiger partial charge on any atom is -0.481 e. The molecule has 12 heteroatoms. The Labute approximate surface area is 295 Å². The van der Waals surface area contributed by atoms with Gasteiger partial charge in [-0.15, -0.1) is 0 Å². The van der Waals surface area contributed by atoms with Crippen molar-refractivity contribution < 1.29 is 24.5 Å². The Kier molecular flexibility index (Phi) is 11.1. The minimum absolute atomic E-state index is 0.0819. The predicted molar refractivity (Wildman–Crippen MR) is 190 cm³/mol. The van der Waals surface area contributed by atoms with Crippen LogP contribution in [0.1, 0.15) is 54.8 Å². The number of carboxylic acid groups (broad SMARTS) is 1. The molecule has 1 unspecified atom stereocenters. The fraction of sp³-hybridized carbons (Fsp3) is 0.351. The number of benzene rings is 2. The van der Waals surface area contributed by atoms with Crippen LogP contribution in [0.25, 0.3) is 33.6 Å². The van der Waals surface area contributed by atoms with Crippen LogP contribution in [0.5, 0.6) is 5.88 Å². The monoisotopic (exact) mass is 703 g/mol. The van der Waals surface area contributed by atoms with Crippen molar-refractivity contribution in [3.05, 3.63) is 87.5 Å². The Hall–Kier alpha value is -4.06. The average molecular weight is 705 g/mol. The van der Waals surface area contributed by atoms with Crippen LogP contribution in [0.2, 0.25) is 10.0 Å². The Morgan fingerprint density at radius 1 is 1.06 bits per heavy atom. The van der Waals surface area contributed by atoms with E-state index in [2.05, 4.69) is 44.1 Å². The summed E-state index contributed by atoms with van der Waals surface area (Å²) in [5, 5.41) is 29.2. The number of nitrogens with one attached hydrogen (secondary N) is 3. The van der Waals surface area contributed by atoms with E-state index >= 15 is 0 Å². The summed E-state index contributed by atoms with van der Waals surface area (Å²) in [5.74, 6) is -0.581. The number of aliphatic carboxylic acids is 1. The smallest absolute Gasteiger partial charge is 0.320 e. The van der Waals surface area contributed by atoms with Crippen molar-refractivity contribution in [2.24, 2.45) is 0 Å². The third-order valence-electron chi connectivity index (χ3n) is 9.27. The van der Waals surface area contributed by atoms with Gasteiger partial charge in [-0.2, -0.15) is 0 Å². The molecule has 2 aliphatic rings. The summed E-state index contributed by atoms with van der Waals surface area (Å²) in [4.78, 5) is 32.5. The maximum absolute atomic E-state index is 11.6. The lowest BCUT2D eigenvalue weighted by Gasteiger charge is -2.28. The zero-order valence-corrected chi connectivity index (χ0v) is 28.7. The highest BCUT2D eigenvalue weighted by Crippen LogP contribution is 2.42. The van der Waals surface area contributed by atoms with E-state index in [9.17, 15) is 19.8 Å². The molecule has 1 amide bonds. The molecule has 2 aromatic carbocycles. The van der Waals surface area contributed by atoms with E-state index in [0.29, 0.717) is 44.9 Å². The van der Waals surface area contributed by atoms with E-state index in [1.54, 1.807) is 6.20 Å². The number of nitrogens with zero attached hydrogens (tertiary/aromatic N) is 2. The number of aliphatic hydroxyl groups is 1. The van der Waals surface area contributed by atoms with Crippen LogP contribution in [0, 0.1) is 0 Å². The Balaban J connectivity index is 1.24. The van der Waals surface area contributed by atoms with Crippen molar-refractivity contribution in [1.82, 2.24) is 25.9 Å². The van der Waals surface area contributed by atoms with Crippen LogP contribution in [-0.2, 0) is 22.6 Å². The van der Waals surface area contributed by atoms with Crippen molar-refractivity contribution in [3.63, 3.8) is 0 Å². The van der Waals surface area contributed by atoms with E-state index in [1.807, 2.05) is 36.4 Å². The number of rotatable bonds is 13. The number of amides is 1. The number of carboxylic acids is 1. The summed E-state index contributed by atoms with van der Waals surface area (Å²) in [7, 11) is 1.50. The Morgan fingerprint density at radius 3 is 2.63 bits per heavy atom. The number of carbonyl (C=O) groups is 2. The highest BCUT2D eigenvalue weighted by molar-refractivity contribution is 6.39. The lowest BCUT2D eigenvalue weighted by molar-refractivity contribution is -0.140. The molecule has 5 N–H and O–H groups in total. The van der Waals surface area contributed by atoms with Gasteiger partial charge in [0.2, 0.25) is 11.8 Å². The molecule has 4 aromatic rings. The van der Waals surface area contributed by atoms with E-state index in [4.69, 9.17) is 27.9 Å². The van der Waals surface area contributed by atoms with Gasteiger partial charge in [0, 0.05) is 72.2 Å². The number of aromatic nitrogens is 2. The Bertz CT molecular complexity index is 1850. The molecule has 0 spiro atoms. The molecule has 1 saturated heterocycles. The predicted octanol–water partition coefficient (Wildman–Crippen LogP) is 5.96. The van der Waals surface area contributed by atoms with Gasteiger partial charge in [-0.1, -0.05) is 59.6 Å². The first-order valence-electron chi connectivity index (χ1n) is 16.5. The van der Waals surface area contributed by atoms with Crippen LogP contribution in [0.4, 0.5) is 0 Å². The lowest BCUT2D eigenvalue weighted by Crippen LogP contribution is -2.38. The largest absolute Gasteiger partial charge is 0.481 e. The zero-order chi connectivity index (χ0) is 34.5. The molecule has 1 fully saturated rings. The average Bonchev–Trinajstić information content (AvgIpc) is 3.53. The molecule has 1 aliphatic heterocycles. The van der Waals surface area contributed by atoms with Gasteiger partial charge >= 0.3 is 5.97 Å². The molecule has 2 aromatic heterocycles. The normalized spacial score (nSPS) is 17.8. The van der Waals surface area contributed by atoms with Crippen molar-refractivity contribution in [2.75, 3.05) is 20.3 Å². The number of fused-ring (bicyclic) bond motifs is 1. The number of aliphatic hydroxyl groups excluding tert-OH is 1. The Morgan fingerprint density at radius 2 is 1.88 bits per heavy atom. The second kappa shape index (κ2) is 15.7. The summed E-state index contributed by atoms with van der Waals surface area (Å²) in [6.45, 7) is 0.706. The van der Waals surface area contributed by atoms with E-state index in [-0.39, 0.29) is 37.6 Å². The number of halogens is 2. The van der Waals surface area contributed by atoms with Crippen LogP contribution in [-0.4, -0.2) is 64.4 Å². The van der Waals surface area contributed by atoms with Crippen LogP contribution < -0.4 is 20.7 Å². The van der Waals surface area contributed by atoms with Gasteiger partial charge < -0.3 is 30.9 Å². The summed E-state index contributed by atoms with van der Waals surface area (Å²) >= 11 is 14.2. The second-order valence-electron chi connectivity index (χ2n) is 12.4. The molecular formula is C37H39Cl2N5O5. The van der Waals surface area contributed by atoms with Crippen molar-refractivity contribution >= 4 is 35.1 Å². The maximum Gasteiger partial charge on any atom is 0.320 e. The molecule has 49 heavy (non-hydrogen) atoms. The third-order valence-corrected chi connectivity index (χ3v) is 10.1. The zero-order valence-electron chi connectivity index (χ0n) is 27.1. The van der Waals surface area contributed by atoms with E-state index in [1.165, 1.54) is 18.2 Å². The molecule has 0 saturated carbocycles. The van der Waals surface area contributed by atoms with Crippen molar-refractivity contribution in [2.45, 2.75) is 63.2 Å². The number of hydrogen-bond donors (Lipinski definition) is 5. The van der Waals surface area contributed by atoms with Gasteiger partial charge in [0.15, 0.2) is 0 Å². The molecule has 10 nitrogen and oxygen atoms in total. The topological polar surface area (TPSA) is 146 Å². The molecule has 256 valence electrons. The van der Waals surface area contributed by atoms with Gasteiger partial charge in [-0.25, -0.2) is 4.98 Å². The first-order valence-corrected chi connectivity index (χ1v) is 17.2. The number of hydrogen-bond acceptors (Lipinski definition) is 8. The quantitative estimate of drug-likeness (QED) is 0.114. The van der Waals surface area contributed by atoms with Gasteiger partial charge in [-0.05, 0) is 61.4 Å². The SMILES string of the molecule is COc1nc(-c2cccc(-c3ccnc(-c4ccc5c(c4)CCC[C@H]5NC[C@H]4CCC(=O)N4)c3Cl)c2Cl)ccc1CNC(CCO)C(=O)O. The molecule has 0 bridgehead atoms. The van der Waals surface area contributed by atoms with Gasteiger partial charge in [0.1, 0.15) is 6.04 Å². The van der Waals surface area contributed by atoms with Crippen molar-refractivity contribution in [3.8, 4) is 39.5 Å².